The van der Waals surface area contributed by atoms with Gasteiger partial charge in [0.2, 0.25) is 17.0 Å². The Morgan fingerprint density at radius 3 is 2.38 bits per heavy atom. The molecule has 1 fully saturated rings. The monoisotopic (exact) mass is 662 g/mol. The first kappa shape index (κ1) is 34.0. The van der Waals surface area contributed by atoms with Gasteiger partial charge in [-0.1, -0.05) is 61.0 Å². The number of aromatic nitrogens is 4. The van der Waals surface area contributed by atoms with E-state index in [0.717, 1.165) is 29.5 Å². The standard InChI is InChI=1S/C33H38N6O7S/c40-20-22-10-12-23(13-11-22)29-19-28(21-47-33-35-37-38-39(33)26-14-16-27(41)17-15-26)45-32(46-29)24-6-5-7-25(18-24)34-30(42)8-3-1-2-4-9-31(43)36-44/h5-7,10-18,28-29,32,40-41,44H,1-4,8-9,19-21H2,(H,34,42)(H,36,43)/t28-,29+,32+/m1/s1. The molecule has 1 aromatic heterocycles. The van der Waals surface area contributed by atoms with E-state index >= 15 is 0 Å². The number of aliphatic hydroxyl groups is 1. The number of hydrogen-bond acceptors (Lipinski definition) is 11. The van der Waals surface area contributed by atoms with Crippen molar-refractivity contribution in [3.05, 3.63) is 89.5 Å². The number of thioether (sulfide) groups is 1. The maximum Gasteiger partial charge on any atom is 0.243 e. The van der Waals surface area contributed by atoms with Crippen molar-refractivity contribution in [2.75, 3.05) is 11.1 Å². The van der Waals surface area contributed by atoms with E-state index in [0.29, 0.717) is 48.0 Å². The summed E-state index contributed by atoms with van der Waals surface area (Å²) < 4.78 is 14.5. The summed E-state index contributed by atoms with van der Waals surface area (Å²) in [7, 11) is 0. The minimum Gasteiger partial charge on any atom is -0.508 e. The van der Waals surface area contributed by atoms with Gasteiger partial charge >= 0.3 is 0 Å². The molecule has 47 heavy (non-hydrogen) atoms. The number of rotatable bonds is 15. The molecule has 2 amide bonds. The van der Waals surface area contributed by atoms with Crippen molar-refractivity contribution >= 4 is 29.3 Å². The maximum atomic E-state index is 12.7. The molecule has 5 N–H and O–H groups in total. The molecule has 0 radical (unpaired) electrons. The first-order chi connectivity index (χ1) is 22.9. The quantitative estimate of drug-likeness (QED) is 0.0501. The van der Waals surface area contributed by atoms with Gasteiger partial charge in [-0.3, -0.25) is 14.8 Å². The third kappa shape index (κ3) is 9.83. The average molecular weight is 663 g/mol. The highest BCUT2D eigenvalue weighted by Gasteiger charge is 2.33. The molecule has 0 bridgehead atoms. The smallest absolute Gasteiger partial charge is 0.243 e. The molecule has 4 aromatic rings. The number of tetrazole rings is 1. The number of aliphatic hydroxyl groups excluding tert-OH is 1. The van der Waals surface area contributed by atoms with Crippen LogP contribution in [0.25, 0.3) is 5.69 Å². The molecule has 1 aliphatic heterocycles. The molecular formula is C33H38N6O7S. The second kappa shape index (κ2) is 17.0. The molecule has 248 valence electrons. The van der Waals surface area contributed by atoms with Crippen LogP contribution in [0.1, 0.15) is 74.0 Å². The minimum atomic E-state index is -0.710. The van der Waals surface area contributed by atoms with E-state index in [1.165, 1.54) is 11.8 Å². The highest BCUT2D eigenvalue weighted by atomic mass is 32.2. The van der Waals surface area contributed by atoms with Gasteiger partial charge in [0.05, 0.1) is 24.5 Å². The summed E-state index contributed by atoms with van der Waals surface area (Å²) in [4.78, 5) is 23.8. The molecule has 0 unspecified atom stereocenters. The van der Waals surface area contributed by atoms with E-state index in [1.54, 1.807) is 34.4 Å². The Kier molecular flexibility index (Phi) is 12.3. The third-order valence-corrected chi connectivity index (χ3v) is 8.72. The molecule has 1 aliphatic rings. The van der Waals surface area contributed by atoms with Crippen LogP contribution in [-0.2, 0) is 25.7 Å². The van der Waals surface area contributed by atoms with Crippen LogP contribution in [0.5, 0.6) is 5.75 Å². The number of carbonyl (C=O) groups is 2. The van der Waals surface area contributed by atoms with Gasteiger partial charge in [-0.05, 0) is 70.8 Å². The average Bonchev–Trinajstić information content (AvgIpc) is 3.57. The minimum absolute atomic E-state index is 0.0472. The largest absolute Gasteiger partial charge is 0.508 e. The second-order valence-electron chi connectivity index (χ2n) is 11.2. The molecule has 5 rings (SSSR count). The zero-order valence-corrected chi connectivity index (χ0v) is 26.5. The normalized spacial score (nSPS) is 17.7. The highest BCUT2D eigenvalue weighted by Crippen LogP contribution is 2.40. The lowest BCUT2D eigenvalue weighted by Gasteiger charge is -2.36. The van der Waals surface area contributed by atoms with Crippen LogP contribution in [-0.4, -0.2) is 59.3 Å². The Morgan fingerprint density at radius 1 is 0.915 bits per heavy atom. The fraction of sp³-hybridized carbons (Fsp3) is 0.364. The van der Waals surface area contributed by atoms with E-state index < -0.39 is 12.2 Å². The fourth-order valence-corrected chi connectivity index (χ4v) is 6.09. The summed E-state index contributed by atoms with van der Waals surface area (Å²) in [6, 6.07) is 21.7. The Balaban J connectivity index is 1.24. The summed E-state index contributed by atoms with van der Waals surface area (Å²) in [6.45, 7) is -0.0472. The van der Waals surface area contributed by atoms with E-state index in [-0.39, 0.29) is 36.9 Å². The Bertz CT molecular complexity index is 1600. The SMILES string of the molecule is O=C(CCCCCCC(=O)Nc1cccc([C@H]2O[C@@H](CSc3nnnn3-c3ccc(O)cc3)C[C@@H](c3ccc(CO)cc3)O2)c1)NO. The fourth-order valence-electron chi connectivity index (χ4n) is 5.18. The van der Waals surface area contributed by atoms with Crippen molar-refractivity contribution in [2.45, 2.75) is 75.2 Å². The number of carbonyl (C=O) groups excluding carboxylic acids is 2. The number of ether oxygens (including phenoxy) is 2. The van der Waals surface area contributed by atoms with Gasteiger partial charge in [0.1, 0.15) is 5.75 Å². The van der Waals surface area contributed by atoms with Crippen LogP contribution >= 0.6 is 11.8 Å². The first-order valence-electron chi connectivity index (χ1n) is 15.5. The first-order valence-corrected chi connectivity index (χ1v) is 16.4. The van der Waals surface area contributed by atoms with E-state index in [4.69, 9.17) is 14.7 Å². The lowest BCUT2D eigenvalue weighted by Crippen LogP contribution is -2.31. The molecule has 13 nitrogen and oxygen atoms in total. The number of hydrogen-bond donors (Lipinski definition) is 5. The third-order valence-electron chi connectivity index (χ3n) is 7.67. The summed E-state index contributed by atoms with van der Waals surface area (Å²) in [5, 5.41) is 43.4. The van der Waals surface area contributed by atoms with Crippen LogP contribution < -0.4 is 10.8 Å². The van der Waals surface area contributed by atoms with E-state index in [1.807, 2.05) is 48.5 Å². The number of anilines is 1. The number of amides is 2. The molecule has 0 spiro atoms. The zero-order valence-electron chi connectivity index (χ0n) is 25.7. The number of nitrogens with zero attached hydrogens (tertiary/aromatic N) is 4. The van der Waals surface area contributed by atoms with Gasteiger partial charge in [0, 0.05) is 36.3 Å². The molecule has 0 aliphatic carbocycles. The number of phenolic OH excluding ortho intramolecular Hbond substituents is 1. The van der Waals surface area contributed by atoms with E-state index in [2.05, 4.69) is 20.8 Å². The molecule has 14 heteroatoms. The zero-order chi connectivity index (χ0) is 33.0. The summed E-state index contributed by atoms with van der Waals surface area (Å²) >= 11 is 1.45. The van der Waals surface area contributed by atoms with Crippen molar-refractivity contribution in [3.63, 3.8) is 0 Å². The summed E-state index contributed by atoms with van der Waals surface area (Å²) in [5.41, 5.74) is 5.49. The predicted molar refractivity (Wildman–Crippen MR) is 173 cm³/mol. The number of benzene rings is 3. The van der Waals surface area contributed by atoms with Gasteiger partial charge in [0.25, 0.3) is 0 Å². The number of aromatic hydroxyl groups is 1. The maximum absolute atomic E-state index is 12.7. The molecule has 1 saturated heterocycles. The van der Waals surface area contributed by atoms with Crippen LogP contribution in [0.3, 0.4) is 0 Å². The Hall–Kier alpha value is -4.34. The van der Waals surface area contributed by atoms with E-state index in [9.17, 15) is 19.8 Å². The summed E-state index contributed by atoms with van der Waals surface area (Å²) in [6.07, 6.45) is 2.87. The van der Waals surface area contributed by atoms with Gasteiger partial charge in [0.15, 0.2) is 6.29 Å². The van der Waals surface area contributed by atoms with Gasteiger partial charge in [-0.25, -0.2) is 5.48 Å². The molecule has 2 heterocycles. The van der Waals surface area contributed by atoms with Crippen molar-refractivity contribution in [3.8, 4) is 11.4 Å². The van der Waals surface area contributed by atoms with Gasteiger partial charge < -0.3 is 25.0 Å². The van der Waals surface area contributed by atoms with Crippen molar-refractivity contribution in [1.82, 2.24) is 25.7 Å². The summed E-state index contributed by atoms with van der Waals surface area (Å²) in [5.74, 6) is 0.170. The number of phenols is 1. The van der Waals surface area contributed by atoms with Crippen molar-refractivity contribution in [2.24, 2.45) is 0 Å². The van der Waals surface area contributed by atoms with Crippen LogP contribution in [0.15, 0.2) is 78.0 Å². The number of hydroxylamine groups is 1. The van der Waals surface area contributed by atoms with Crippen LogP contribution in [0, 0.1) is 0 Å². The van der Waals surface area contributed by atoms with Crippen molar-refractivity contribution in [1.29, 1.82) is 0 Å². The molecule has 0 saturated carbocycles. The van der Waals surface area contributed by atoms with Crippen LogP contribution in [0.2, 0.25) is 0 Å². The predicted octanol–water partition coefficient (Wildman–Crippen LogP) is 4.98. The topological polar surface area (TPSA) is 181 Å². The molecular weight excluding hydrogens is 624 g/mol. The lowest BCUT2D eigenvalue weighted by molar-refractivity contribution is -0.245. The lowest BCUT2D eigenvalue weighted by atomic mass is 10.0. The van der Waals surface area contributed by atoms with Gasteiger partial charge in [-0.15, -0.1) is 5.10 Å². The Labute approximate surface area is 276 Å². The van der Waals surface area contributed by atoms with Crippen molar-refractivity contribution < 1.29 is 34.5 Å². The highest BCUT2D eigenvalue weighted by molar-refractivity contribution is 7.99. The molecule has 3 aromatic carbocycles. The van der Waals surface area contributed by atoms with Crippen LogP contribution in [0.4, 0.5) is 5.69 Å². The molecule has 3 atom stereocenters. The van der Waals surface area contributed by atoms with Gasteiger partial charge in [-0.2, -0.15) is 4.68 Å². The second-order valence-corrected chi connectivity index (χ2v) is 12.2. The number of unbranched alkanes of at least 4 members (excludes halogenated alkanes) is 3. The number of nitrogens with one attached hydrogen (secondary N) is 2. The Morgan fingerprint density at radius 2 is 1.66 bits per heavy atom.